The molecule has 4 heteroatoms. The normalized spacial score (nSPS) is 23.2. The first-order chi connectivity index (χ1) is 8.70. The first kappa shape index (κ1) is 13.6. The van der Waals surface area contributed by atoms with Gasteiger partial charge in [0.1, 0.15) is 5.82 Å². The lowest BCUT2D eigenvalue weighted by Crippen LogP contribution is -2.44. The quantitative estimate of drug-likeness (QED) is 0.860. The van der Waals surface area contributed by atoms with Gasteiger partial charge in [-0.15, -0.1) is 0 Å². The van der Waals surface area contributed by atoms with Crippen molar-refractivity contribution in [2.45, 2.75) is 39.3 Å². The van der Waals surface area contributed by atoms with Crippen molar-refractivity contribution < 1.29 is 0 Å². The van der Waals surface area contributed by atoms with Crippen molar-refractivity contribution in [3.05, 3.63) is 18.2 Å². The van der Waals surface area contributed by atoms with Crippen LogP contribution in [0.3, 0.4) is 0 Å². The molecule has 18 heavy (non-hydrogen) atoms. The summed E-state index contributed by atoms with van der Waals surface area (Å²) < 4.78 is 2.24. The number of rotatable bonds is 5. The monoisotopic (exact) mass is 250 g/mol. The predicted molar refractivity (Wildman–Crippen MR) is 74.6 cm³/mol. The standard InChI is InChI=1S/C14H26N4/c1-12(15-3)14-5-4-7-17(11-14)9-10-18-8-6-16-13(18)2/h6,8,12,14-15H,4-5,7,9-11H2,1-3H3. The molecular weight excluding hydrogens is 224 g/mol. The van der Waals surface area contributed by atoms with Gasteiger partial charge in [0.15, 0.2) is 0 Å². The van der Waals surface area contributed by atoms with Crippen molar-refractivity contribution in [1.29, 1.82) is 0 Å². The van der Waals surface area contributed by atoms with Crippen LogP contribution in [0.15, 0.2) is 12.4 Å². The van der Waals surface area contributed by atoms with Gasteiger partial charge in [0.05, 0.1) is 0 Å². The number of imidazole rings is 1. The second-order valence-electron chi connectivity index (χ2n) is 5.45. The summed E-state index contributed by atoms with van der Waals surface area (Å²) in [6.45, 7) is 9.06. The van der Waals surface area contributed by atoms with Crippen LogP contribution < -0.4 is 5.32 Å². The summed E-state index contributed by atoms with van der Waals surface area (Å²) in [5.74, 6) is 1.92. The Kier molecular flexibility index (Phi) is 4.78. The molecule has 2 heterocycles. The van der Waals surface area contributed by atoms with E-state index in [1.54, 1.807) is 0 Å². The molecule has 0 spiro atoms. The molecule has 1 aromatic heterocycles. The molecule has 1 saturated heterocycles. The zero-order valence-electron chi connectivity index (χ0n) is 11.9. The van der Waals surface area contributed by atoms with E-state index in [9.17, 15) is 0 Å². The summed E-state index contributed by atoms with van der Waals surface area (Å²) in [6, 6.07) is 0.628. The summed E-state index contributed by atoms with van der Waals surface area (Å²) >= 11 is 0. The van der Waals surface area contributed by atoms with Crippen LogP contribution in [0.5, 0.6) is 0 Å². The zero-order chi connectivity index (χ0) is 13.0. The number of hydrogen-bond donors (Lipinski definition) is 1. The van der Waals surface area contributed by atoms with E-state index in [4.69, 9.17) is 0 Å². The molecule has 1 aliphatic rings. The van der Waals surface area contributed by atoms with E-state index in [1.165, 1.54) is 25.9 Å². The molecule has 0 saturated carbocycles. The number of piperidine rings is 1. The van der Waals surface area contributed by atoms with Crippen molar-refractivity contribution in [2.24, 2.45) is 5.92 Å². The van der Waals surface area contributed by atoms with Crippen LogP contribution >= 0.6 is 0 Å². The number of likely N-dealkylation sites (tertiary alicyclic amines) is 1. The van der Waals surface area contributed by atoms with Crippen molar-refractivity contribution in [2.75, 3.05) is 26.7 Å². The van der Waals surface area contributed by atoms with Gasteiger partial charge < -0.3 is 14.8 Å². The van der Waals surface area contributed by atoms with Gasteiger partial charge in [-0.05, 0) is 46.2 Å². The van der Waals surface area contributed by atoms with Gasteiger partial charge in [-0.2, -0.15) is 0 Å². The van der Waals surface area contributed by atoms with Crippen LogP contribution in [0, 0.1) is 12.8 Å². The van der Waals surface area contributed by atoms with E-state index in [2.05, 4.69) is 46.9 Å². The minimum Gasteiger partial charge on any atom is -0.334 e. The first-order valence-electron chi connectivity index (χ1n) is 7.08. The van der Waals surface area contributed by atoms with Gasteiger partial charge in [-0.1, -0.05) is 0 Å². The average Bonchev–Trinajstić information content (AvgIpc) is 2.81. The lowest BCUT2D eigenvalue weighted by atomic mass is 9.92. The van der Waals surface area contributed by atoms with Crippen molar-refractivity contribution >= 4 is 0 Å². The lowest BCUT2D eigenvalue weighted by molar-refractivity contribution is 0.149. The van der Waals surface area contributed by atoms with Crippen molar-refractivity contribution in [3.8, 4) is 0 Å². The first-order valence-corrected chi connectivity index (χ1v) is 7.08. The topological polar surface area (TPSA) is 33.1 Å². The zero-order valence-corrected chi connectivity index (χ0v) is 11.9. The Bertz CT molecular complexity index is 360. The van der Waals surface area contributed by atoms with E-state index in [-0.39, 0.29) is 0 Å². The average molecular weight is 250 g/mol. The fourth-order valence-electron chi connectivity index (χ4n) is 2.83. The molecule has 1 N–H and O–H groups in total. The Labute approximate surface area is 110 Å². The second-order valence-corrected chi connectivity index (χ2v) is 5.45. The molecule has 102 valence electrons. The third-order valence-corrected chi connectivity index (χ3v) is 4.29. The maximum atomic E-state index is 4.27. The van der Waals surface area contributed by atoms with E-state index < -0.39 is 0 Å². The summed E-state index contributed by atoms with van der Waals surface area (Å²) in [6.07, 6.45) is 6.66. The van der Waals surface area contributed by atoms with Crippen LogP contribution in [0.4, 0.5) is 0 Å². The largest absolute Gasteiger partial charge is 0.334 e. The number of nitrogens with one attached hydrogen (secondary N) is 1. The van der Waals surface area contributed by atoms with Gasteiger partial charge >= 0.3 is 0 Å². The van der Waals surface area contributed by atoms with E-state index in [1.807, 2.05) is 6.20 Å². The number of aryl methyl sites for hydroxylation is 1. The molecule has 1 fully saturated rings. The van der Waals surface area contributed by atoms with Crippen LogP contribution in [0.2, 0.25) is 0 Å². The minimum atomic E-state index is 0.628. The molecule has 0 aliphatic carbocycles. The lowest BCUT2D eigenvalue weighted by Gasteiger charge is -2.35. The molecule has 2 rings (SSSR count). The highest BCUT2D eigenvalue weighted by Gasteiger charge is 2.23. The molecule has 1 aromatic rings. The number of hydrogen-bond acceptors (Lipinski definition) is 3. The molecule has 0 bridgehead atoms. The third kappa shape index (κ3) is 3.33. The van der Waals surface area contributed by atoms with Gasteiger partial charge in [0.2, 0.25) is 0 Å². The Morgan fingerprint density at radius 2 is 2.33 bits per heavy atom. The van der Waals surface area contributed by atoms with Crippen LogP contribution in [-0.4, -0.2) is 47.2 Å². The smallest absolute Gasteiger partial charge is 0.105 e. The molecule has 2 unspecified atom stereocenters. The highest BCUT2D eigenvalue weighted by Crippen LogP contribution is 2.19. The van der Waals surface area contributed by atoms with Gasteiger partial charge in [-0.3, -0.25) is 0 Å². The van der Waals surface area contributed by atoms with Crippen LogP contribution in [0.1, 0.15) is 25.6 Å². The summed E-state index contributed by atoms with van der Waals surface area (Å²) in [7, 11) is 2.07. The molecular formula is C14H26N4. The second kappa shape index (κ2) is 6.34. The number of aromatic nitrogens is 2. The summed E-state index contributed by atoms with van der Waals surface area (Å²) in [5.41, 5.74) is 0. The molecule has 4 nitrogen and oxygen atoms in total. The Morgan fingerprint density at radius 3 is 3.00 bits per heavy atom. The molecule has 0 radical (unpaired) electrons. The molecule has 1 aliphatic heterocycles. The van der Waals surface area contributed by atoms with E-state index in [0.29, 0.717) is 6.04 Å². The molecule has 0 amide bonds. The molecule has 2 atom stereocenters. The maximum Gasteiger partial charge on any atom is 0.105 e. The van der Waals surface area contributed by atoms with Crippen LogP contribution in [-0.2, 0) is 6.54 Å². The Balaban J connectivity index is 1.81. The maximum absolute atomic E-state index is 4.27. The van der Waals surface area contributed by atoms with Crippen molar-refractivity contribution in [3.63, 3.8) is 0 Å². The fourth-order valence-corrected chi connectivity index (χ4v) is 2.83. The van der Waals surface area contributed by atoms with Gasteiger partial charge in [0, 0.05) is 38.1 Å². The third-order valence-electron chi connectivity index (χ3n) is 4.29. The predicted octanol–water partition coefficient (Wildman–Crippen LogP) is 1.51. The molecule has 0 aromatic carbocycles. The minimum absolute atomic E-state index is 0.628. The van der Waals surface area contributed by atoms with Crippen LogP contribution in [0.25, 0.3) is 0 Å². The SMILES string of the molecule is CNC(C)C1CCCN(CCn2ccnc2C)C1. The highest BCUT2D eigenvalue weighted by atomic mass is 15.2. The Morgan fingerprint density at radius 1 is 1.50 bits per heavy atom. The van der Waals surface area contributed by atoms with Crippen molar-refractivity contribution in [1.82, 2.24) is 19.8 Å². The van der Waals surface area contributed by atoms with E-state index in [0.717, 1.165) is 24.8 Å². The summed E-state index contributed by atoms with van der Waals surface area (Å²) in [5, 5.41) is 3.39. The number of nitrogens with zero attached hydrogens (tertiary/aromatic N) is 3. The van der Waals surface area contributed by atoms with E-state index >= 15 is 0 Å². The van der Waals surface area contributed by atoms with Gasteiger partial charge in [-0.25, -0.2) is 4.98 Å². The van der Waals surface area contributed by atoms with Gasteiger partial charge in [0.25, 0.3) is 0 Å². The fraction of sp³-hybridized carbons (Fsp3) is 0.786. The highest BCUT2D eigenvalue weighted by molar-refractivity contribution is 4.89. The summed E-state index contributed by atoms with van der Waals surface area (Å²) in [4.78, 5) is 6.87. The Hall–Kier alpha value is -0.870.